The summed E-state index contributed by atoms with van der Waals surface area (Å²) >= 11 is 1.36. The normalized spacial score (nSPS) is 19.8. The molecule has 24 heavy (non-hydrogen) atoms. The third kappa shape index (κ3) is 3.78. The predicted molar refractivity (Wildman–Crippen MR) is 87.7 cm³/mol. The average molecular weight is 354 g/mol. The summed E-state index contributed by atoms with van der Waals surface area (Å²) in [7, 11) is 1.33. The quantitative estimate of drug-likeness (QED) is 0.454. The van der Waals surface area contributed by atoms with Gasteiger partial charge in [0.1, 0.15) is 11.4 Å². The molecule has 1 aromatic carbocycles. The molecule has 1 atom stereocenters. The second-order valence-corrected chi connectivity index (χ2v) is 6.53. The number of methoxy groups -OCH3 is 1. The van der Waals surface area contributed by atoms with Crippen LogP contribution in [-0.2, 0) is 20.9 Å². The topological polar surface area (TPSA) is 99.0 Å². The van der Waals surface area contributed by atoms with E-state index >= 15 is 0 Å². The van der Waals surface area contributed by atoms with Gasteiger partial charge in [-0.1, -0.05) is 0 Å². The molecule has 0 aliphatic carbocycles. The zero-order valence-electron chi connectivity index (χ0n) is 13.4. The number of thioether (sulfide) groups is 1. The van der Waals surface area contributed by atoms with Crippen LogP contribution in [0.15, 0.2) is 24.3 Å². The van der Waals surface area contributed by atoms with E-state index in [0.29, 0.717) is 18.5 Å². The minimum Gasteiger partial charge on any atom is -0.468 e. The van der Waals surface area contributed by atoms with E-state index in [-0.39, 0.29) is 24.8 Å². The highest BCUT2D eigenvalue weighted by molar-refractivity contribution is 8.00. The fourth-order valence-corrected chi connectivity index (χ4v) is 3.32. The number of likely N-dealkylation sites (tertiary alicyclic amines) is 1. The molecule has 0 aromatic heterocycles. The molecule has 2 rings (SSSR count). The number of nitro groups is 1. The number of carbonyl (C=O) groups is 2. The summed E-state index contributed by atoms with van der Waals surface area (Å²) in [5, 5.41) is 10.6. The molecular weight excluding hydrogens is 336 g/mol. The van der Waals surface area contributed by atoms with Gasteiger partial charge in [-0.25, -0.2) is 4.79 Å². The summed E-state index contributed by atoms with van der Waals surface area (Å²) in [6, 6.07) is 5.79. The molecule has 1 aliphatic rings. The zero-order valence-corrected chi connectivity index (χ0v) is 14.2. The summed E-state index contributed by atoms with van der Waals surface area (Å²) in [6.07, 6.45) is 1.80. The molecule has 0 unspecified atom stereocenters. The standard InChI is InChI=1S/C15H18N2O6S/c1-22-13(18)15(24-2)7-8-16(10-15)14(19)23-9-11-3-5-12(6-4-11)17(20)21/h3-6H,7-10H2,1-2H3/t15-/m0/s1. The number of nitrogens with zero attached hydrogens (tertiary/aromatic N) is 2. The van der Waals surface area contributed by atoms with E-state index in [2.05, 4.69) is 0 Å². The number of hydrogen-bond donors (Lipinski definition) is 0. The number of nitro benzene ring substituents is 1. The van der Waals surface area contributed by atoms with E-state index < -0.39 is 15.8 Å². The van der Waals surface area contributed by atoms with E-state index in [9.17, 15) is 19.7 Å². The fraction of sp³-hybridized carbons (Fsp3) is 0.467. The smallest absolute Gasteiger partial charge is 0.410 e. The van der Waals surface area contributed by atoms with Crippen molar-refractivity contribution < 1.29 is 24.0 Å². The van der Waals surface area contributed by atoms with E-state index in [1.165, 1.54) is 48.0 Å². The molecule has 1 aliphatic heterocycles. The molecule has 9 heteroatoms. The Labute approximate surface area is 143 Å². The van der Waals surface area contributed by atoms with Crippen LogP contribution in [0.1, 0.15) is 12.0 Å². The van der Waals surface area contributed by atoms with Gasteiger partial charge >= 0.3 is 12.1 Å². The second-order valence-electron chi connectivity index (χ2n) is 5.34. The van der Waals surface area contributed by atoms with Crippen molar-refractivity contribution in [2.45, 2.75) is 17.8 Å². The SMILES string of the molecule is COC(=O)[C@]1(SC)CCN(C(=O)OCc2ccc([N+](=O)[O-])cc2)C1. The van der Waals surface area contributed by atoms with E-state index in [0.717, 1.165) is 0 Å². The first-order chi connectivity index (χ1) is 11.4. The summed E-state index contributed by atoms with van der Waals surface area (Å²) in [5.41, 5.74) is 0.629. The molecular formula is C15H18N2O6S. The van der Waals surface area contributed by atoms with Crippen molar-refractivity contribution in [3.8, 4) is 0 Å². The molecule has 1 aromatic rings. The van der Waals surface area contributed by atoms with Crippen LogP contribution in [0.2, 0.25) is 0 Å². The van der Waals surface area contributed by atoms with Crippen LogP contribution >= 0.6 is 11.8 Å². The summed E-state index contributed by atoms with van der Waals surface area (Å²) in [6.45, 7) is 0.660. The van der Waals surface area contributed by atoms with Gasteiger partial charge in [-0.3, -0.25) is 14.9 Å². The highest BCUT2D eigenvalue weighted by atomic mass is 32.2. The highest BCUT2D eigenvalue weighted by Crippen LogP contribution is 2.35. The van der Waals surface area contributed by atoms with Gasteiger partial charge in [-0.15, -0.1) is 11.8 Å². The lowest BCUT2D eigenvalue weighted by Gasteiger charge is -2.23. The first kappa shape index (κ1) is 18.1. The van der Waals surface area contributed by atoms with Gasteiger partial charge in [-0.05, 0) is 30.4 Å². The van der Waals surface area contributed by atoms with Crippen molar-refractivity contribution in [1.29, 1.82) is 0 Å². The summed E-state index contributed by atoms with van der Waals surface area (Å²) in [5.74, 6) is -0.347. The van der Waals surface area contributed by atoms with E-state index in [1.54, 1.807) is 0 Å². The van der Waals surface area contributed by atoms with Gasteiger partial charge in [0, 0.05) is 25.2 Å². The van der Waals surface area contributed by atoms with Crippen LogP contribution in [0.3, 0.4) is 0 Å². The molecule has 8 nitrogen and oxygen atoms in total. The number of non-ortho nitro benzene ring substituents is 1. The number of hydrogen-bond acceptors (Lipinski definition) is 7. The molecule has 130 valence electrons. The van der Waals surface area contributed by atoms with Crippen LogP contribution < -0.4 is 0 Å². The second kappa shape index (κ2) is 7.52. The molecule has 0 radical (unpaired) electrons. The number of amides is 1. The first-order valence-electron chi connectivity index (χ1n) is 7.20. The Morgan fingerprint density at radius 2 is 2.04 bits per heavy atom. The molecule has 1 amide bonds. The van der Waals surface area contributed by atoms with Crippen molar-refractivity contribution in [1.82, 2.24) is 4.90 Å². The van der Waals surface area contributed by atoms with Gasteiger partial charge in [0.05, 0.1) is 12.0 Å². The summed E-state index contributed by atoms with van der Waals surface area (Å²) < 4.78 is 9.29. The van der Waals surface area contributed by atoms with Gasteiger partial charge in [-0.2, -0.15) is 0 Å². The number of carbonyl (C=O) groups excluding carboxylic acids is 2. The van der Waals surface area contributed by atoms with Crippen molar-refractivity contribution >= 4 is 29.5 Å². The van der Waals surface area contributed by atoms with Crippen LogP contribution in [0.5, 0.6) is 0 Å². The Morgan fingerprint density at radius 3 is 2.58 bits per heavy atom. The Hall–Kier alpha value is -2.29. The number of benzene rings is 1. The maximum atomic E-state index is 12.1. The van der Waals surface area contributed by atoms with E-state index in [4.69, 9.17) is 9.47 Å². The molecule has 0 spiro atoms. The lowest BCUT2D eigenvalue weighted by atomic mass is 10.1. The van der Waals surface area contributed by atoms with Gasteiger partial charge in [0.2, 0.25) is 0 Å². The van der Waals surface area contributed by atoms with Gasteiger partial charge in [0.15, 0.2) is 0 Å². The molecule has 1 fully saturated rings. The minimum atomic E-state index is -0.749. The lowest BCUT2D eigenvalue weighted by Crippen LogP contribution is -2.40. The largest absolute Gasteiger partial charge is 0.468 e. The monoisotopic (exact) mass is 354 g/mol. The zero-order chi connectivity index (χ0) is 17.7. The lowest BCUT2D eigenvalue weighted by molar-refractivity contribution is -0.384. The minimum absolute atomic E-state index is 0.0117. The third-order valence-electron chi connectivity index (χ3n) is 3.95. The van der Waals surface area contributed by atoms with Gasteiger partial charge in [0.25, 0.3) is 5.69 Å². The Balaban J connectivity index is 1.91. The van der Waals surface area contributed by atoms with Crippen LogP contribution in [0, 0.1) is 10.1 Å². The predicted octanol–water partition coefficient (Wildman–Crippen LogP) is 2.21. The highest BCUT2D eigenvalue weighted by Gasteiger charge is 2.47. The molecule has 1 heterocycles. The number of ether oxygens (including phenoxy) is 2. The van der Waals surface area contributed by atoms with Crippen LogP contribution in [0.25, 0.3) is 0 Å². The number of esters is 1. The summed E-state index contributed by atoms with van der Waals surface area (Å²) in [4.78, 5) is 35.6. The van der Waals surface area contributed by atoms with Crippen molar-refractivity contribution in [2.24, 2.45) is 0 Å². The van der Waals surface area contributed by atoms with Crippen molar-refractivity contribution in [2.75, 3.05) is 26.5 Å². The van der Waals surface area contributed by atoms with Gasteiger partial charge < -0.3 is 14.4 Å². The molecule has 1 saturated heterocycles. The molecule has 0 N–H and O–H groups in total. The average Bonchev–Trinajstić information content (AvgIpc) is 3.05. The molecule has 0 saturated carbocycles. The van der Waals surface area contributed by atoms with Crippen molar-refractivity contribution in [3.63, 3.8) is 0 Å². The molecule has 0 bridgehead atoms. The maximum absolute atomic E-state index is 12.1. The van der Waals surface area contributed by atoms with E-state index in [1.807, 2.05) is 6.26 Å². The third-order valence-corrected chi connectivity index (χ3v) is 5.23. The Morgan fingerprint density at radius 1 is 1.38 bits per heavy atom. The van der Waals surface area contributed by atoms with Crippen LogP contribution in [-0.4, -0.2) is 53.1 Å². The maximum Gasteiger partial charge on any atom is 0.410 e. The number of rotatable bonds is 5. The first-order valence-corrected chi connectivity index (χ1v) is 8.43. The van der Waals surface area contributed by atoms with Crippen LogP contribution in [0.4, 0.5) is 10.5 Å². The Bertz CT molecular complexity index is 635. The van der Waals surface area contributed by atoms with Crippen molar-refractivity contribution in [3.05, 3.63) is 39.9 Å². The fourth-order valence-electron chi connectivity index (χ4n) is 2.49. The Kier molecular flexibility index (Phi) is 5.66.